The maximum atomic E-state index is 12.0. The number of nitrogens with zero attached hydrogens (tertiary/aromatic N) is 2. The van der Waals surface area contributed by atoms with Crippen LogP contribution in [0.5, 0.6) is 11.5 Å². The molecule has 1 heterocycles. The fourth-order valence-electron chi connectivity index (χ4n) is 2.23. The highest BCUT2D eigenvalue weighted by atomic mass is 16.5. The number of amidine groups is 1. The van der Waals surface area contributed by atoms with Crippen molar-refractivity contribution < 1.29 is 19.5 Å². The maximum Gasteiger partial charge on any atom is 0.227 e. The van der Waals surface area contributed by atoms with Crippen molar-refractivity contribution in [2.45, 2.75) is 6.42 Å². The summed E-state index contributed by atoms with van der Waals surface area (Å²) in [5.41, 5.74) is 6.25. The van der Waals surface area contributed by atoms with E-state index in [-0.39, 0.29) is 24.1 Å². The Hall–Kier alpha value is -2.44. The normalized spacial score (nSPS) is 19.3. The van der Waals surface area contributed by atoms with Gasteiger partial charge >= 0.3 is 0 Å². The summed E-state index contributed by atoms with van der Waals surface area (Å²) in [7, 11) is 3.08. The molecule has 3 N–H and O–H groups in total. The van der Waals surface area contributed by atoms with Crippen molar-refractivity contribution in [1.82, 2.24) is 0 Å². The molecule has 108 valence electrons. The summed E-state index contributed by atoms with van der Waals surface area (Å²) in [6.45, 7) is 0.379. The molecule has 1 aliphatic heterocycles. The van der Waals surface area contributed by atoms with E-state index in [9.17, 15) is 4.79 Å². The summed E-state index contributed by atoms with van der Waals surface area (Å²) in [4.78, 5) is 13.6. The first kappa shape index (κ1) is 14.0. The van der Waals surface area contributed by atoms with E-state index in [0.717, 1.165) is 0 Å². The van der Waals surface area contributed by atoms with Crippen LogP contribution < -0.4 is 20.1 Å². The van der Waals surface area contributed by atoms with Crippen LogP contribution in [0.15, 0.2) is 23.4 Å². The minimum Gasteiger partial charge on any atom is -0.493 e. The first-order chi connectivity index (χ1) is 9.60. The number of ether oxygens (including phenoxy) is 2. The Balaban J connectivity index is 2.26. The summed E-state index contributed by atoms with van der Waals surface area (Å²) >= 11 is 0. The Kier molecular flexibility index (Phi) is 3.97. The van der Waals surface area contributed by atoms with Gasteiger partial charge in [-0.3, -0.25) is 4.79 Å². The van der Waals surface area contributed by atoms with E-state index >= 15 is 0 Å². The predicted octanol–water partition coefficient (Wildman–Crippen LogP) is 0.803. The van der Waals surface area contributed by atoms with Crippen LogP contribution in [0.2, 0.25) is 0 Å². The lowest BCUT2D eigenvalue weighted by atomic mass is 10.1. The Morgan fingerprint density at radius 1 is 1.40 bits per heavy atom. The number of nitrogens with two attached hydrogens (primary N) is 1. The SMILES string of the molecule is COc1ccc(N2C[C@H](/C(N)=N\O)CC2=O)cc1OC. The molecular formula is C13H17N3O4. The number of anilines is 1. The average molecular weight is 279 g/mol. The smallest absolute Gasteiger partial charge is 0.227 e. The van der Waals surface area contributed by atoms with Gasteiger partial charge in [-0.25, -0.2) is 0 Å². The third-order valence-corrected chi connectivity index (χ3v) is 3.34. The van der Waals surface area contributed by atoms with Gasteiger partial charge < -0.3 is 25.3 Å². The second-order valence-electron chi connectivity index (χ2n) is 4.47. The predicted molar refractivity (Wildman–Crippen MR) is 73.4 cm³/mol. The number of benzene rings is 1. The van der Waals surface area contributed by atoms with Gasteiger partial charge in [0.1, 0.15) is 5.84 Å². The fraction of sp³-hybridized carbons (Fsp3) is 0.385. The third kappa shape index (κ3) is 2.47. The molecule has 0 spiro atoms. The molecule has 7 heteroatoms. The number of rotatable bonds is 4. The van der Waals surface area contributed by atoms with Crippen LogP contribution >= 0.6 is 0 Å². The molecule has 0 radical (unpaired) electrons. The zero-order chi connectivity index (χ0) is 14.7. The minimum atomic E-state index is -0.277. The first-order valence-corrected chi connectivity index (χ1v) is 6.10. The molecule has 0 bridgehead atoms. The second-order valence-corrected chi connectivity index (χ2v) is 4.47. The number of carbonyl (C=O) groups excluding carboxylic acids is 1. The molecule has 1 fully saturated rings. The lowest BCUT2D eigenvalue weighted by Crippen LogP contribution is -2.28. The molecule has 7 nitrogen and oxygen atoms in total. The standard InChI is InChI=1S/C13H17N3O4/c1-19-10-4-3-9(6-11(10)20-2)16-7-8(5-12(16)17)13(14)15-18/h3-4,6,8,18H,5,7H2,1-2H3,(H2,14,15)/t8-/m1/s1. The quantitative estimate of drug-likeness (QED) is 0.368. The van der Waals surface area contributed by atoms with Crippen molar-refractivity contribution in [3.05, 3.63) is 18.2 Å². The molecule has 1 aromatic carbocycles. The molecule has 20 heavy (non-hydrogen) atoms. The van der Waals surface area contributed by atoms with Crippen molar-refractivity contribution in [1.29, 1.82) is 0 Å². The van der Waals surface area contributed by atoms with Gasteiger partial charge in [-0.2, -0.15) is 0 Å². The van der Waals surface area contributed by atoms with Gasteiger partial charge in [-0.1, -0.05) is 5.16 Å². The molecule has 1 atom stereocenters. The molecule has 1 aliphatic rings. The van der Waals surface area contributed by atoms with Crippen molar-refractivity contribution in [2.75, 3.05) is 25.7 Å². The van der Waals surface area contributed by atoms with E-state index in [4.69, 9.17) is 20.4 Å². The van der Waals surface area contributed by atoms with E-state index in [1.54, 1.807) is 30.2 Å². The molecule has 1 amide bonds. The van der Waals surface area contributed by atoms with E-state index in [1.165, 1.54) is 7.11 Å². The molecule has 0 saturated carbocycles. The van der Waals surface area contributed by atoms with Crippen LogP contribution in [-0.4, -0.2) is 37.7 Å². The summed E-state index contributed by atoms with van der Waals surface area (Å²) < 4.78 is 10.4. The molecule has 0 unspecified atom stereocenters. The number of oxime groups is 1. The van der Waals surface area contributed by atoms with E-state index in [0.29, 0.717) is 23.7 Å². The topological polar surface area (TPSA) is 97.4 Å². The second kappa shape index (κ2) is 5.68. The molecule has 0 aliphatic carbocycles. The molecular weight excluding hydrogens is 262 g/mol. The monoisotopic (exact) mass is 279 g/mol. The van der Waals surface area contributed by atoms with Gasteiger partial charge in [0.05, 0.1) is 14.2 Å². The zero-order valence-corrected chi connectivity index (χ0v) is 11.4. The van der Waals surface area contributed by atoms with Crippen LogP contribution in [0.1, 0.15) is 6.42 Å². The van der Waals surface area contributed by atoms with E-state index in [1.807, 2.05) is 0 Å². The summed E-state index contributed by atoms with van der Waals surface area (Å²) in [6.07, 6.45) is 0.226. The Morgan fingerprint density at radius 3 is 2.70 bits per heavy atom. The molecule has 1 saturated heterocycles. The lowest BCUT2D eigenvalue weighted by molar-refractivity contribution is -0.117. The van der Waals surface area contributed by atoms with Crippen LogP contribution in [-0.2, 0) is 4.79 Å². The average Bonchev–Trinajstić information content (AvgIpc) is 2.87. The molecule has 0 aromatic heterocycles. The number of amides is 1. The fourth-order valence-corrected chi connectivity index (χ4v) is 2.23. The van der Waals surface area contributed by atoms with Crippen LogP contribution in [0.25, 0.3) is 0 Å². The minimum absolute atomic E-state index is 0.0707. The Labute approximate surface area is 116 Å². The molecule has 2 rings (SSSR count). The van der Waals surface area contributed by atoms with Gasteiger partial charge in [0.15, 0.2) is 11.5 Å². The summed E-state index contributed by atoms with van der Waals surface area (Å²) in [5.74, 6) is 0.858. The number of hydrogen-bond acceptors (Lipinski definition) is 5. The summed E-state index contributed by atoms with van der Waals surface area (Å²) in [5, 5.41) is 11.7. The van der Waals surface area contributed by atoms with Crippen molar-refractivity contribution in [3.63, 3.8) is 0 Å². The molecule has 1 aromatic rings. The van der Waals surface area contributed by atoms with Crippen molar-refractivity contribution >= 4 is 17.4 Å². The van der Waals surface area contributed by atoms with Crippen LogP contribution in [0, 0.1) is 5.92 Å². The van der Waals surface area contributed by atoms with Crippen LogP contribution in [0.4, 0.5) is 5.69 Å². The van der Waals surface area contributed by atoms with Gasteiger partial charge in [0, 0.05) is 30.6 Å². The van der Waals surface area contributed by atoms with E-state index in [2.05, 4.69) is 5.16 Å². The third-order valence-electron chi connectivity index (χ3n) is 3.34. The highest BCUT2D eigenvalue weighted by Crippen LogP contribution is 2.34. The zero-order valence-electron chi connectivity index (χ0n) is 11.4. The Bertz CT molecular complexity index is 544. The highest BCUT2D eigenvalue weighted by Gasteiger charge is 2.33. The van der Waals surface area contributed by atoms with Gasteiger partial charge in [0.2, 0.25) is 5.91 Å². The van der Waals surface area contributed by atoms with Crippen LogP contribution in [0.3, 0.4) is 0 Å². The van der Waals surface area contributed by atoms with Crippen molar-refractivity contribution in [3.8, 4) is 11.5 Å². The number of carbonyl (C=O) groups is 1. The largest absolute Gasteiger partial charge is 0.493 e. The lowest BCUT2D eigenvalue weighted by Gasteiger charge is -2.18. The van der Waals surface area contributed by atoms with Gasteiger partial charge in [-0.15, -0.1) is 0 Å². The number of methoxy groups -OCH3 is 2. The van der Waals surface area contributed by atoms with Gasteiger partial charge in [0.25, 0.3) is 0 Å². The Morgan fingerprint density at radius 2 is 2.10 bits per heavy atom. The maximum absolute atomic E-state index is 12.0. The summed E-state index contributed by atoms with van der Waals surface area (Å²) in [6, 6.07) is 5.23. The number of hydrogen-bond donors (Lipinski definition) is 2. The first-order valence-electron chi connectivity index (χ1n) is 6.10. The van der Waals surface area contributed by atoms with Gasteiger partial charge in [-0.05, 0) is 12.1 Å². The van der Waals surface area contributed by atoms with E-state index < -0.39 is 0 Å². The van der Waals surface area contributed by atoms with Crippen molar-refractivity contribution in [2.24, 2.45) is 16.8 Å². The highest BCUT2D eigenvalue weighted by molar-refractivity contribution is 6.01.